The van der Waals surface area contributed by atoms with Crippen molar-refractivity contribution in [3.63, 3.8) is 0 Å². The van der Waals surface area contributed by atoms with Crippen molar-refractivity contribution in [2.75, 3.05) is 34.2 Å². The molecule has 0 N–H and O–H groups in total. The Balaban J connectivity index is 1.90. The topological polar surface area (TPSA) is 52.6 Å². The van der Waals surface area contributed by atoms with Crippen LogP contribution < -0.4 is 0 Å². The highest BCUT2D eigenvalue weighted by atomic mass is 16.2. The summed E-state index contributed by atoms with van der Waals surface area (Å²) in [6, 6.07) is 2.19. The van der Waals surface area contributed by atoms with Crippen molar-refractivity contribution >= 4 is 5.91 Å². The highest BCUT2D eigenvalue weighted by Crippen LogP contribution is 2.18. The molecule has 0 aliphatic carbocycles. The van der Waals surface area contributed by atoms with E-state index in [0.717, 1.165) is 38.3 Å². The van der Waals surface area contributed by atoms with E-state index < -0.39 is 0 Å². The molecule has 6 nitrogen and oxygen atoms in total. The summed E-state index contributed by atoms with van der Waals surface area (Å²) in [7, 11) is 6.02. The Morgan fingerprint density at radius 2 is 2.05 bits per heavy atom. The zero-order valence-corrected chi connectivity index (χ0v) is 14.1. The van der Waals surface area contributed by atoms with E-state index in [1.165, 1.54) is 0 Å². The molecular weight excluding hydrogens is 278 g/mol. The number of rotatable bonds is 6. The Kier molecular flexibility index (Phi) is 5.85. The Morgan fingerprint density at radius 1 is 1.36 bits per heavy atom. The Bertz CT molecular complexity index is 479. The highest BCUT2D eigenvalue weighted by molar-refractivity contribution is 5.82. The van der Waals surface area contributed by atoms with Crippen LogP contribution in [0.5, 0.6) is 0 Å². The van der Waals surface area contributed by atoms with Gasteiger partial charge >= 0.3 is 0 Å². The van der Waals surface area contributed by atoms with Crippen molar-refractivity contribution < 1.29 is 4.79 Å². The predicted molar refractivity (Wildman–Crippen MR) is 86.3 cm³/mol. The first-order chi connectivity index (χ1) is 10.5. The normalized spacial score (nSPS) is 19.9. The van der Waals surface area contributed by atoms with Gasteiger partial charge in [0.1, 0.15) is 5.82 Å². The molecule has 1 aliphatic rings. The number of hydrogen-bond acceptors (Lipinski definition) is 5. The molecule has 0 bridgehead atoms. The average molecular weight is 305 g/mol. The number of likely N-dealkylation sites (tertiary alicyclic amines) is 1. The van der Waals surface area contributed by atoms with Gasteiger partial charge in [0.15, 0.2) is 0 Å². The molecule has 6 heteroatoms. The van der Waals surface area contributed by atoms with E-state index in [1.54, 1.807) is 12.4 Å². The zero-order valence-electron chi connectivity index (χ0n) is 14.1. The number of amides is 1. The second-order valence-electron chi connectivity index (χ2n) is 6.19. The maximum absolute atomic E-state index is 12.6. The number of hydrogen-bond donors (Lipinski definition) is 0. The van der Waals surface area contributed by atoms with Gasteiger partial charge in [-0.25, -0.2) is 9.97 Å². The van der Waals surface area contributed by atoms with Gasteiger partial charge in [-0.15, -0.1) is 0 Å². The van der Waals surface area contributed by atoms with Gasteiger partial charge in [-0.3, -0.25) is 14.6 Å². The standard InChI is InChI=1S/C16H27N5O/c1-5-14(19(2)3)16(22)21-10-7-13(11-21)20(4)12-15-17-8-6-9-18-15/h6,8-9,13-14H,5,7,10-12H2,1-4H3/t13-,14+/m1/s1. The van der Waals surface area contributed by atoms with Gasteiger partial charge in [-0.05, 0) is 40.1 Å². The summed E-state index contributed by atoms with van der Waals surface area (Å²) in [5.41, 5.74) is 0. The van der Waals surface area contributed by atoms with Crippen LogP contribution in [0.2, 0.25) is 0 Å². The Labute approximate surface area is 133 Å². The van der Waals surface area contributed by atoms with E-state index in [0.29, 0.717) is 6.04 Å². The molecule has 1 aromatic heterocycles. The largest absolute Gasteiger partial charge is 0.340 e. The molecule has 1 saturated heterocycles. The Hall–Kier alpha value is -1.53. The quantitative estimate of drug-likeness (QED) is 0.780. The number of nitrogens with zero attached hydrogens (tertiary/aromatic N) is 5. The first-order valence-electron chi connectivity index (χ1n) is 7.94. The molecule has 2 atom stereocenters. The van der Waals surface area contributed by atoms with Gasteiger partial charge in [0.2, 0.25) is 5.91 Å². The summed E-state index contributed by atoms with van der Waals surface area (Å²) in [5, 5.41) is 0. The second-order valence-corrected chi connectivity index (χ2v) is 6.19. The van der Waals surface area contributed by atoms with Crippen molar-refractivity contribution in [3.8, 4) is 0 Å². The van der Waals surface area contributed by atoms with Crippen LogP contribution in [-0.4, -0.2) is 76.9 Å². The van der Waals surface area contributed by atoms with Crippen LogP contribution in [0, 0.1) is 0 Å². The van der Waals surface area contributed by atoms with E-state index in [9.17, 15) is 4.79 Å². The van der Waals surface area contributed by atoms with Crippen molar-refractivity contribution in [2.45, 2.75) is 38.4 Å². The van der Waals surface area contributed by atoms with Gasteiger partial charge in [0, 0.05) is 31.5 Å². The summed E-state index contributed by atoms with van der Waals surface area (Å²) in [5.74, 6) is 1.08. The maximum Gasteiger partial charge on any atom is 0.239 e. The first kappa shape index (κ1) is 16.8. The van der Waals surface area contributed by atoms with Crippen LogP contribution in [-0.2, 0) is 11.3 Å². The second kappa shape index (κ2) is 7.65. The van der Waals surface area contributed by atoms with Gasteiger partial charge < -0.3 is 4.90 Å². The smallest absolute Gasteiger partial charge is 0.239 e. The lowest BCUT2D eigenvalue weighted by molar-refractivity contribution is -0.135. The summed E-state index contributed by atoms with van der Waals surface area (Å²) in [6.45, 7) is 4.42. The van der Waals surface area contributed by atoms with Crippen molar-refractivity contribution in [1.29, 1.82) is 0 Å². The molecule has 0 unspecified atom stereocenters. The maximum atomic E-state index is 12.6. The molecule has 1 fully saturated rings. The Morgan fingerprint density at radius 3 is 2.64 bits per heavy atom. The average Bonchev–Trinajstić information content (AvgIpc) is 2.98. The van der Waals surface area contributed by atoms with Crippen LogP contribution in [0.3, 0.4) is 0 Å². The molecule has 22 heavy (non-hydrogen) atoms. The zero-order chi connectivity index (χ0) is 16.1. The third-order valence-electron chi connectivity index (χ3n) is 4.40. The summed E-state index contributed by atoms with van der Waals surface area (Å²) >= 11 is 0. The molecule has 2 rings (SSSR count). The molecule has 1 aromatic rings. The molecule has 2 heterocycles. The number of carbonyl (C=O) groups excluding carboxylic acids is 1. The summed E-state index contributed by atoms with van der Waals surface area (Å²) in [4.78, 5) is 27.4. The molecule has 1 amide bonds. The molecule has 0 aromatic carbocycles. The lowest BCUT2D eigenvalue weighted by Gasteiger charge is -2.28. The van der Waals surface area contributed by atoms with E-state index in [2.05, 4.69) is 28.8 Å². The van der Waals surface area contributed by atoms with Gasteiger partial charge in [-0.2, -0.15) is 0 Å². The van der Waals surface area contributed by atoms with Crippen LogP contribution in [0.15, 0.2) is 18.5 Å². The number of carbonyl (C=O) groups is 1. The lowest BCUT2D eigenvalue weighted by Crippen LogP contribution is -2.46. The minimum Gasteiger partial charge on any atom is -0.340 e. The summed E-state index contributed by atoms with van der Waals surface area (Å²) < 4.78 is 0. The van der Waals surface area contributed by atoms with Gasteiger partial charge in [0.25, 0.3) is 0 Å². The van der Waals surface area contributed by atoms with Crippen molar-refractivity contribution in [3.05, 3.63) is 24.3 Å². The van der Waals surface area contributed by atoms with E-state index in [-0.39, 0.29) is 11.9 Å². The lowest BCUT2D eigenvalue weighted by atomic mass is 10.2. The summed E-state index contributed by atoms with van der Waals surface area (Å²) in [6.07, 6.45) is 5.40. The van der Waals surface area contributed by atoms with E-state index in [1.807, 2.05) is 30.0 Å². The first-order valence-corrected chi connectivity index (χ1v) is 7.94. The van der Waals surface area contributed by atoms with Gasteiger partial charge in [0.05, 0.1) is 12.6 Å². The molecule has 0 radical (unpaired) electrons. The van der Waals surface area contributed by atoms with Crippen molar-refractivity contribution in [1.82, 2.24) is 24.7 Å². The van der Waals surface area contributed by atoms with Crippen LogP contribution in [0.1, 0.15) is 25.6 Å². The number of likely N-dealkylation sites (N-methyl/N-ethyl adjacent to an activating group) is 2. The minimum absolute atomic E-state index is 0.0125. The third-order valence-corrected chi connectivity index (χ3v) is 4.40. The molecule has 122 valence electrons. The third kappa shape index (κ3) is 4.01. The number of aromatic nitrogens is 2. The molecule has 0 saturated carbocycles. The van der Waals surface area contributed by atoms with E-state index >= 15 is 0 Å². The van der Waals surface area contributed by atoms with Crippen molar-refractivity contribution in [2.24, 2.45) is 0 Å². The molecular formula is C16H27N5O. The molecule has 0 spiro atoms. The van der Waals surface area contributed by atoms with Crippen LogP contribution in [0.4, 0.5) is 0 Å². The molecule has 1 aliphatic heterocycles. The highest BCUT2D eigenvalue weighted by Gasteiger charge is 2.32. The predicted octanol–water partition coefficient (Wildman–Crippen LogP) is 0.849. The van der Waals surface area contributed by atoms with Crippen LogP contribution in [0.25, 0.3) is 0 Å². The SMILES string of the molecule is CC[C@@H](C(=O)N1CC[C@@H](N(C)Cc2ncccn2)C1)N(C)C. The minimum atomic E-state index is -0.0125. The van der Waals surface area contributed by atoms with Gasteiger partial charge in [-0.1, -0.05) is 6.92 Å². The van der Waals surface area contributed by atoms with Crippen LogP contribution >= 0.6 is 0 Å². The fourth-order valence-electron chi connectivity index (χ4n) is 3.04. The van der Waals surface area contributed by atoms with E-state index in [4.69, 9.17) is 0 Å². The fraction of sp³-hybridized carbons (Fsp3) is 0.688. The fourth-order valence-corrected chi connectivity index (χ4v) is 3.04. The monoisotopic (exact) mass is 305 g/mol.